The van der Waals surface area contributed by atoms with Gasteiger partial charge in [0, 0.05) is 5.92 Å². The summed E-state index contributed by atoms with van der Waals surface area (Å²) in [7, 11) is 0. The van der Waals surface area contributed by atoms with Crippen LogP contribution in [0, 0.1) is 22.2 Å². The molecule has 27 heavy (non-hydrogen) atoms. The number of carbonyl (C=O) groups excluding carboxylic acids is 2. The Hall–Kier alpha value is -2.80. The summed E-state index contributed by atoms with van der Waals surface area (Å²) in [6.45, 7) is 4.91. The van der Waals surface area contributed by atoms with Crippen LogP contribution in [0.3, 0.4) is 0 Å². The van der Waals surface area contributed by atoms with Crippen LogP contribution in [0.5, 0.6) is 0 Å². The fourth-order valence-corrected chi connectivity index (χ4v) is 4.00. The maximum Gasteiger partial charge on any atom is 0.231 e. The first-order valence-electron chi connectivity index (χ1n) is 9.20. The molecule has 142 valence electrons. The van der Waals surface area contributed by atoms with Gasteiger partial charge in [-0.2, -0.15) is 0 Å². The fraction of sp³-hybridized carbons (Fsp3) is 0.391. The second-order valence-electron chi connectivity index (χ2n) is 7.30. The average molecular weight is 364 g/mol. The molecule has 0 saturated heterocycles. The Morgan fingerprint density at radius 2 is 1.19 bits per heavy atom. The zero-order chi connectivity index (χ0) is 20.1. The van der Waals surface area contributed by atoms with E-state index in [1.165, 1.54) is 36.8 Å². The van der Waals surface area contributed by atoms with E-state index in [0.717, 1.165) is 18.1 Å². The predicted molar refractivity (Wildman–Crippen MR) is 107 cm³/mol. The number of hydrogen-bond donors (Lipinski definition) is 2. The summed E-state index contributed by atoms with van der Waals surface area (Å²) in [5, 5.41) is 10.8. The molecule has 4 nitrogen and oxygen atoms in total. The predicted octanol–water partition coefficient (Wildman–Crippen LogP) is 5.84. The molecule has 3 rings (SSSR count). The Balaban J connectivity index is 0.000000540. The first-order chi connectivity index (χ1) is 13.0. The molecule has 4 heteroatoms. The highest BCUT2D eigenvalue weighted by Crippen LogP contribution is 2.51. The molecule has 0 radical (unpaired) electrons. The number of benzene rings is 2. The normalized spacial score (nSPS) is 20.8. The zero-order valence-corrected chi connectivity index (χ0v) is 16.1. The largest absolute Gasteiger partial charge is 0.231 e. The van der Waals surface area contributed by atoms with Crippen LogP contribution >= 0.6 is 0 Å². The van der Waals surface area contributed by atoms with Crippen LogP contribution in [0.15, 0.2) is 60.7 Å². The second-order valence-corrected chi connectivity index (χ2v) is 7.30. The quantitative estimate of drug-likeness (QED) is 0.530. The van der Waals surface area contributed by atoms with Gasteiger partial charge in [0.05, 0.1) is 0 Å². The van der Waals surface area contributed by atoms with E-state index in [1.807, 2.05) is 0 Å². The van der Waals surface area contributed by atoms with Crippen LogP contribution in [0.4, 0.5) is 0 Å². The molecule has 0 aliphatic heterocycles. The minimum Gasteiger partial charge on any atom is -0.222 e. The molecule has 1 fully saturated rings. The summed E-state index contributed by atoms with van der Waals surface area (Å²) in [6.07, 6.45) is 6.91. The first-order valence-corrected chi connectivity index (χ1v) is 9.20. The van der Waals surface area contributed by atoms with Gasteiger partial charge in [0.25, 0.3) is 0 Å². The molecular weight excluding hydrogens is 336 g/mol. The maximum atomic E-state index is 8.35. The summed E-state index contributed by atoms with van der Waals surface area (Å²) in [6, 6.07) is 22.2. The number of hydrogen-bond acceptors (Lipinski definition) is 4. The Morgan fingerprint density at radius 1 is 0.852 bits per heavy atom. The fourth-order valence-electron chi connectivity index (χ4n) is 4.00. The van der Waals surface area contributed by atoms with Gasteiger partial charge in [-0.25, -0.2) is 20.4 Å². The monoisotopic (exact) mass is 364 g/mol. The Labute approximate surface area is 161 Å². The van der Waals surface area contributed by atoms with Gasteiger partial charge >= 0.3 is 0 Å². The SMILES string of the molecule is CC1CCC(C)(C(c2ccccc2)c2ccccc2)CC1.N=C=O.N=C=O. The van der Waals surface area contributed by atoms with Gasteiger partial charge in [-0.1, -0.05) is 87.4 Å². The summed E-state index contributed by atoms with van der Waals surface area (Å²) >= 11 is 0. The van der Waals surface area contributed by atoms with E-state index in [1.54, 1.807) is 0 Å². The lowest BCUT2D eigenvalue weighted by Gasteiger charge is -2.43. The number of rotatable bonds is 3. The standard InChI is InChI=1S/C21H26.2CHNO/c1-17-13-15-21(2,16-14-17)20(18-9-5-3-6-10-18)19-11-7-4-8-12-19;2*2-1-3/h3-12,17,20H,13-16H2,1-2H3;2*2H. The molecule has 0 aromatic heterocycles. The van der Waals surface area contributed by atoms with Crippen molar-refractivity contribution in [2.45, 2.75) is 45.4 Å². The number of isocyanates is 2. The van der Waals surface area contributed by atoms with E-state index in [4.69, 9.17) is 20.4 Å². The van der Waals surface area contributed by atoms with Gasteiger partial charge in [0.2, 0.25) is 12.2 Å². The highest BCUT2D eigenvalue weighted by molar-refractivity contribution is 5.35. The molecule has 2 aromatic rings. The van der Waals surface area contributed by atoms with E-state index in [2.05, 4.69) is 74.5 Å². The van der Waals surface area contributed by atoms with Gasteiger partial charge in [-0.05, 0) is 35.3 Å². The van der Waals surface area contributed by atoms with Crippen LogP contribution in [0.25, 0.3) is 0 Å². The Kier molecular flexibility index (Phi) is 9.68. The van der Waals surface area contributed by atoms with Crippen LogP contribution in [0.1, 0.15) is 56.6 Å². The summed E-state index contributed by atoms with van der Waals surface area (Å²) in [5.41, 5.74) is 3.33. The third-order valence-corrected chi connectivity index (χ3v) is 5.38. The van der Waals surface area contributed by atoms with Gasteiger partial charge in [0.15, 0.2) is 0 Å². The van der Waals surface area contributed by atoms with Crippen molar-refractivity contribution in [3.8, 4) is 0 Å². The van der Waals surface area contributed by atoms with Crippen molar-refractivity contribution in [1.82, 2.24) is 0 Å². The lowest BCUT2D eigenvalue weighted by Crippen LogP contribution is -2.31. The van der Waals surface area contributed by atoms with Gasteiger partial charge in [-0.15, -0.1) is 0 Å². The van der Waals surface area contributed by atoms with Crippen molar-refractivity contribution in [1.29, 1.82) is 10.8 Å². The van der Waals surface area contributed by atoms with E-state index in [0.29, 0.717) is 11.3 Å². The lowest BCUT2D eigenvalue weighted by atomic mass is 9.61. The average Bonchev–Trinajstić information content (AvgIpc) is 2.68. The van der Waals surface area contributed by atoms with Crippen LogP contribution in [0.2, 0.25) is 0 Å². The third kappa shape index (κ3) is 6.79. The molecule has 0 amide bonds. The van der Waals surface area contributed by atoms with Crippen LogP contribution < -0.4 is 0 Å². The number of nitrogens with one attached hydrogen (secondary N) is 2. The molecule has 1 saturated carbocycles. The molecular formula is C23H28N2O2. The van der Waals surface area contributed by atoms with E-state index >= 15 is 0 Å². The van der Waals surface area contributed by atoms with Crippen molar-refractivity contribution in [3.05, 3.63) is 71.8 Å². The second kappa shape index (κ2) is 11.7. The van der Waals surface area contributed by atoms with E-state index in [-0.39, 0.29) is 0 Å². The summed E-state index contributed by atoms with van der Waals surface area (Å²) in [4.78, 5) is 16.7. The molecule has 0 heterocycles. The molecule has 2 aromatic carbocycles. The lowest BCUT2D eigenvalue weighted by molar-refractivity contribution is 0.155. The minimum absolute atomic E-state index is 0.384. The smallest absolute Gasteiger partial charge is 0.222 e. The van der Waals surface area contributed by atoms with E-state index < -0.39 is 0 Å². The van der Waals surface area contributed by atoms with Crippen LogP contribution in [-0.4, -0.2) is 12.2 Å². The topological polar surface area (TPSA) is 81.8 Å². The van der Waals surface area contributed by atoms with Gasteiger partial charge in [0.1, 0.15) is 0 Å². The molecule has 0 spiro atoms. The van der Waals surface area contributed by atoms with Gasteiger partial charge in [-0.3, -0.25) is 0 Å². The van der Waals surface area contributed by atoms with E-state index in [9.17, 15) is 0 Å². The van der Waals surface area contributed by atoms with Crippen molar-refractivity contribution in [2.24, 2.45) is 11.3 Å². The molecule has 0 unspecified atom stereocenters. The van der Waals surface area contributed by atoms with Crippen LogP contribution in [-0.2, 0) is 9.59 Å². The molecule has 1 aliphatic carbocycles. The molecule has 0 bridgehead atoms. The molecule has 1 aliphatic rings. The Bertz CT molecular complexity index is 672. The van der Waals surface area contributed by atoms with Gasteiger partial charge < -0.3 is 0 Å². The highest BCUT2D eigenvalue weighted by Gasteiger charge is 2.38. The van der Waals surface area contributed by atoms with Crippen molar-refractivity contribution >= 4 is 12.2 Å². The molecule has 2 N–H and O–H groups in total. The van der Waals surface area contributed by atoms with Crippen molar-refractivity contribution in [2.75, 3.05) is 0 Å². The zero-order valence-electron chi connectivity index (χ0n) is 16.1. The van der Waals surface area contributed by atoms with Crippen molar-refractivity contribution in [3.63, 3.8) is 0 Å². The van der Waals surface area contributed by atoms with Crippen molar-refractivity contribution < 1.29 is 9.59 Å². The minimum atomic E-state index is 0.384. The summed E-state index contributed by atoms with van der Waals surface area (Å²) < 4.78 is 0. The third-order valence-electron chi connectivity index (χ3n) is 5.38. The maximum absolute atomic E-state index is 8.35. The molecule has 0 atom stereocenters. The Morgan fingerprint density at radius 3 is 1.52 bits per heavy atom. The summed E-state index contributed by atoms with van der Waals surface area (Å²) in [5.74, 6) is 1.41. The highest BCUT2D eigenvalue weighted by atomic mass is 16.1. The first kappa shape index (κ1) is 22.2.